The number of benzene rings is 1. The number of aliphatic hydroxyl groups excluding tert-OH is 1. The fourth-order valence-corrected chi connectivity index (χ4v) is 4.77. The van der Waals surface area contributed by atoms with Crippen LogP contribution in [0.3, 0.4) is 0 Å². The van der Waals surface area contributed by atoms with Crippen LogP contribution in [0.4, 0.5) is 0 Å². The lowest BCUT2D eigenvalue weighted by Gasteiger charge is -2.33. The summed E-state index contributed by atoms with van der Waals surface area (Å²) in [7, 11) is 1.53. The van der Waals surface area contributed by atoms with Crippen molar-refractivity contribution >= 4 is 5.78 Å². The molecular weight excluding hydrogens is 320 g/mol. The Bertz CT molecular complexity index is 767. The van der Waals surface area contributed by atoms with Gasteiger partial charge in [0.05, 0.1) is 18.4 Å². The topological polar surface area (TPSA) is 65.0 Å². The van der Waals surface area contributed by atoms with E-state index in [9.17, 15) is 9.90 Å². The number of allylic oxidation sites excluding steroid dienone is 2. The summed E-state index contributed by atoms with van der Waals surface area (Å²) in [5, 5.41) is 10.8. The summed E-state index contributed by atoms with van der Waals surface area (Å²) in [5.41, 5.74) is 0.295. The van der Waals surface area contributed by atoms with Crippen molar-refractivity contribution in [2.75, 3.05) is 13.9 Å². The average molecular weight is 342 g/mol. The van der Waals surface area contributed by atoms with Crippen LogP contribution in [-0.4, -0.2) is 30.9 Å². The summed E-state index contributed by atoms with van der Waals surface area (Å²) in [5.74, 6) is 1.28. The van der Waals surface area contributed by atoms with E-state index in [1.54, 1.807) is 6.08 Å². The average Bonchev–Trinajstić information content (AvgIpc) is 3.13. The molecule has 1 aromatic carbocycles. The summed E-state index contributed by atoms with van der Waals surface area (Å²) < 4.78 is 16.3. The number of hydrogen-bond donors (Lipinski definition) is 1. The molecule has 5 nitrogen and oxygen atoms in total. The first kappa shape index (κ1) is 16.2. The van der Waals surface area contributed by atoms with Gasteiger partial charge in [0.15, 0.2) is 11.5 Å². The Morgan fingerprint density at radius 3 is 2.84 bits per heavy atom. The molecule has 5 heteroatoms. The lowest BCUT2D eigenvalue weighted by Crippen LogP contribution is -2.40. The number of Topliss-reactive ketones (excluding diaryl/α,β-unsaturated/α-hetero) is 1. The molecule has 25 heavy (non-hydrogen) atoms. The highest BCUT2D eigenvalue weighted by Gasteiger charge is 2.62. The zero-order valence-corrected chi connectivity index (χ0v) is 14.4. The highest BCUT2D eigenvalue weighted by molar-refractivity contribution is 5.95. The van der Waals surface area contributed by atoms with Crippen molar-refractivity contribution in [3.8, 4) is 11.5 Å². The molecule has 1 fully saturated rings. The van der Waals surface area contributed by atoms with Gasteiger partial charge < -0.3 is 19.3 Å². The Kier molecular flexibility index (Phi) is 3.65. The second-order valence-electron chi connectivity index (χ2n) is 7.05. The number of carbonyl (C=O) groups excluding carboxylic acids is 1. The Balaban J connectivity index is 1.83. The third-order valence-electron chi connectivity index (χ3n) is 6.03. The van der Waals surface area contributed by atoms with Gasteiger partial charge in [-0.3, -0.25) is 4.79 Å². The molecule has 2 bridgehead atoms. The molecule has 1 N–H and O–H groups in total. The third kappa shape index (κ3) is 2.08. The largest absolute Gasteiger partial charge is 0.499 e. The van der Waals surface area contributed by atoms with E-state index >= 15 is 0 Å². The lowest BCUT2D eigenvalue weighted by atomic mass is 9.71. The molecule has 0 spiro atoms. The summed E-state index contributed by atoms with van der Waals surface area (Å²) >= 11 is 0. The molecule has 4 rings (SSSR count). The number of fused-ring (bicyclic) bond motifs is 3. The number of rotatable bonds is 4. The molecule has 2 aliphatic carbocycles. The number of aliphatic hydroxyl groups is 1. The zero-order valence-electron chi connectivity index (χ0n) is 14.4. The standard InChI is InChI=1S/C20H22O5/c1-4-7-20-9-15(23-3)18(21)17(19(20)22)16(11(20)2)12-5-6-13-14(8-12)25-10-24-13/h4-6,8-9,11,16-18,21H,1,7,10H2,2-3H3/t11-,16-,17+,18-,20+/m1/s1. The highest BCUT2D eigenvalue weighted by Crippen LogP contribution is 2.60. The second-order valence-corrected chi connectivity index (χ2v) is 7.05. The SMILES string of the molecule is C=CC[C@@]12C=C(OC)[C@@H](O)[C@@H](C1=O)[C@@H](c1ccc3c(c1)OCO3)[C@H]2C. The molecule has 0 amide bonds. The summed E-state index contributed by atoms with van der Waals surface area (Å²) in [6.45, 7) is 6.10. The van der Waals surface area contributed by atoms with Gasteiger partial charge in [-0.2, -0.15) is 0 Å². The van der Waals surface area contributed by atoms with Gasteiger partial charge in [-0.25, -0.2) is 0 Å². The molecular formula is C20H22O5. The zero-order chi connectivity index (χ0) is 17.8. The van der Waals surface area contributed by atoms with Gasteiger partial charge in [0.25, 0.3) is 0 Å². The van der Waals surface area contributed by atoms with Gasteiger partial charge in [0, 0.05) is 5.92 Å². The minimum Gasteiger partial charge on any atom is -0.499 e. The van der Waals surface area contributed by atoms with E-state index in [4.69, 9.17) is 14.2 Å². The molecule has 1 aromatic rings. The molecule has 0 unspecified atom stereocenters. The van der Waals surface area contributed by atoms with Gasteiger partial charge in [0.1, 0.15) is 17.6 Å². The number of ether oxygens (including phenoxy) is 3. The van der Waals surface area contributed by atoms with Crippen LogP contribution < -0.4 is 9.47 Å². The Morgan fingerprint density at radius 1 is 1.36 bits per heavy atom. The van der Waals surface area contributed by atoms with E-state index in [-0.39, 0.29) is 24.4 Å². The van der Waals surface area contributed by atoms with Crippen LogP contribution in [-0.2, 0) is 9.53 Å². The first-order chi connectivity index (χ1) is 12.0. The van der Waals surface area contributed by atoms with E-state index < -0.39 is 17.4 Å². The number of carbonyl (C=O) groups is 1. The fraction of sp³-hybridized carbons (Fsp3) is 0.450. The Hall–Kier alpha value is -2.27. The molecule has 1 heterocycles. The van der Waals surface area contributed by atoms with Crippen LogP contribution in [0, 0.1) is 17.3 Å². The van der Waals surface area contributed by atoms with Gasteiger partial charge in [-0.1, -0.05) is 19.1 Å². The lowest BCUT2D eigenvalue weighted by molar-refractivity contribution is -0.132. The van der Waals surface area contributed by atoms with Crippen molar-refractivity contribution in [2.45, 2.75) is 25.4 Å². The number of ketones is 1. The van der Waals surface area contributed by atoms with Crippen molar-refractivity contribution in [2.24, 2.45) is 17.3 Å². The van der Waals surface area contributed by atoms with Crippen LogP contribution in [0.5, 0.6) is 11.5 Å². The predicted molar refractivity (Wildman–Crippen MR) is 91.3 cm³/mol. The van der Waals surface area contributed by atoms with Crippen LogP contribution >= 0.6 is 0 Å². The summed E-state index contributed by atoms with van der Waals surface area (Å²) in [6.07, 6.45) is 3.19. The van der Waals surface area contributed by atoms with Crippen molar-refractivity contribution in [1.29, 1.82) is 0 Å². The molecule has 0 radical (unpaired) electrons. The molecule has 1 aliphatic heterocycles. The molecule has 0 saturated heterocycles. The van der Waals surface area contributed by atoms with Crippen molar-refractivity contribution in [3.05, 3.63) is 48.3 Å². The second kappa shape index (κ2) is 5.63. The monoisotopic (exact) mass is 342 g/mol. The van der Waals surface area contributed by atoms with Crippen LogP contribution in [0.15, 0.2) is 42.7 Å². The molecule has 0 aromatic heterocycles. The van der Waals surface area contributed by atoms with E-state index in [0.717, 1.165) is 5.56 Å². The quantitative estimate of drug-likeness (QED) is 0.853. The van der Waals surface area contributed by atoms with E-state index in [1.807, 2.05) is 24.3 Å². The van der Waals surface area contributed by atoms with Crippen molar-refractivity contribution in [1.82, 2.24) is 0 Å². The fourth-order valence-electron chi connectivity index (χ4n) is 4.77. The van der Waals surface area contributed by atoms with Gasteiger partial charge >= 0.3 is 0 Å². The Labute approximate surface area is 146 Å². The first-order valence-corrected chi connectivity index (χ1v) is 8.53. The van der Waals surface area contributed by atoms with Gasteiger partial charge in [0.2, 0.25) is 6.79 Å². The minimum atomic E-state index is -0.934. The molecule has 132 valence electrons. The van der Waals surface area contributed by atoms with Gasteiger partial charge in [-0.15, -0.1) is 6.58 Å². The maximum absolute atomic E-state index is 13.2. The van der Waals surface area contributed by atoms with Crippen molar-refractivity contribution in [3.63, 3.8) is 0 Å². The Morgan fingerprint density at radius 2 is 2.12 bits per heavy atom. The van der Waals surface area contributed by atoms with Crippen LogP contribution in [0.1, 0.15) is 24.8 Å². The normalized spacial score (nSPS) is 35.5. The smallest absolute Gasteiger partial charge is 0.231 e. The van der Waals surface area contributed by atoms with Crippen LogP contribution in [0.2, 0.25) is 0 Å². The minimum absolute atomic E-state index is 0.00525. The van der Waals surface area contributed by atoms with Crippen molar-refractivity contribution < 1.29 is 24.1 Å². The maximum atomic E-state index is 13.2. The van der Waals surface area contributed by atoms with E-state index in [0.29, 0.717) is 23.7 Å². The highest BCUT2D eigenvalue weighted by atomic mass is 16.7. The van der Waals surface area contributed by atoms with Crippen LogP contribution in [0.25, 0.3) is 0 Å². The molecule has 5 atom stereocenters. The first-order valence-electron chi connectivity index (χ1n) is 8.53. The van der Waals surface area contributed by atoms with E-state index in [2.05, 4.69) is 13.5 Å². The summed E-state index contributed by atoms with van der Waals surface area (Å²) in [4.78, 5) is 13.2. The molecule has 1 saturated carbocycles. The predicted octanol–water partition coefficient (Wildman–Crippen LogP) is 2.80. The van der Waals surface area contributed by atoms with Gasteiger partial charge in [-0.05, 0) is 36.1 Å². The number of methoxy groups -OCH3 is 1. The third-order valence-corrected chi connectivity index (χ3v) is 6.03. The van der Waals surface area contributed by atoms with E-state index in [1.165, 1.54) is 7.11 Å². The molecule has 3 aliphatic rings. The maximum Gasteiger partial charge on any atom is 0.231 e. The number of hydrogen-bond acceptors (Lipinski definition) is 5. The summed E-state index contributed by atoms with van der Waals surface area (Å²) in [6, 6.07) is 5.76.